The molecule has 0 atom stereocenters. The van der Waals surface area contributed by atoms with Crippen LogP contribution < -0.4 is 10.6 Å². The molecule has 0 saturated heterocycles. The minimum Gasteiger partial charge on any atom is -0.383 e. The van der Waals surface area contributed by atoms with Crippen LogP contribution in [-0.4, -0.2) is 64.2 Å². The minimum atomic E-state index is -0.0434. The van der Waals surface area contributed by atoms with E-state index in [2.05, 4.69) is 22.2 Å². The van der Waals surface area contributed by atoms with Crippen LogP contribution >= 0.6 is 0 Å². The summed E-state index contributed by atoms with van der Waals surface area (Å²) in [6, 6.07) is 0. The minimum absolute atomic E-state index is 0.0434. The van der Waals surface area contributed by atoms with E-state index in [1.807, 2.05) is 6.92 Å². The molecule has 2 N–H and O–H groups in total. The molecule has 0 aromatic rings. The van der Waals surface area contributed by atoms with Crippen LogP contribution in [0.5, 0.6) is 0 Å². The maximum atomic E-state index is 11.4. The highest BCUT2D eigenvalue weighted by atomic mass is 16.5. The topological polar surface area (TPSA) is 66.0 Å². The molecule has 6 nitrogen and oxygen atoms in total. The Bertz CT molecular complexity index is 300. The van der Waals surface area contributed by atoms with Crippen molar-refractivity contribution in [3.63, 3.8) is 0 Å². The molecule has 6 heteroatoms. The molecular weight excluding hydrogens is 232 g/mol. The summed E-state index contributed by atoms with van der Waals surface area (Å²) in [5, 5.41) is 6.16. The molecule has 0 saturated carbocycles. The van der Waals surface area contributed by atoms with E-state index in [-0.39, 0.29) is 12.5 Å². The zero-order chi connectivity index (χ0) is 14.0. The third-order valence-corrected chi connectivity index (χ3v) is 2.03. The number of amides is 1. The first kappa shape index (κ1) is 16.4. The summed E-state index contributed by atoms with van der Waals surface area (Å²) in [6.07, 6.45) is 0. The van der Waals surface area contributed by atoms with Crippen molar-refractivity contribution in [2.75, 3.05) is 47.4 Å². The Morgan fingerprint density at radius 3 is 2.56 bits per heavy atom. The van der Waals surface area contributed by atoms with Crippen LogP contribution in [0.1, 0.15) is 6.92 Å². The standard InChI is InChI=1S/C12H24N4O2/c1-10(2)8-14-12(13-6-7-18-5)15-9-11(17)16(3)4/h1,6-9H2,2-5H3,(H2,13,14,15). The molecule has 1 amide bonds. The van der Waals surface area contributed by atoms with Gasteiger partial charge in [-0.05, 0) is 6.92 Å². The second-order valence-corrected chi connectivity index (χ2v) is 4.18. The van der Waals surface area contributed by atoms with Crippen LogP contribution in [0.4, 0.5) is 0 Å². The average Bonchev–Trinajstić information content (AvgIpc) is 2.31. The number of methoxy groups -OCH3 is 1. The van der Waals surface area contributed by atoms with Gasteiger partial charge in [0.15, 0.2) is 5.96 Å². The third-order valence-electron chi connectivity index (χ3n) is 2.03. The first-order valence-corrected chi connectivity index (χ1v) is 5.83. The van der Waals surface area contributed by atoms with E-state index >= 15 is 0 Å². The van der Waals surface area contributed by atoms with Crippen LogP contribution in [0, 0.1) is 0 Å². The van der Waals surface area contributed by atoms with Crippen LogP contribution in [0.3, 0.4) is 0 Å². The molecule has 0 radical (unpaired) electrons. The molecule has 18 heavy (non-hydrogen) atoms. The Balaban J connectivity index is 4.29. The number of carbonyl (C=O) groups is 1. The number of ether oxygens (including phenoxy) is 1. The fraction of sp³-hybridized carbons (Fsp3) is 0.667. The highest BCUT2D eigenvalue weighted by molar-refractivity contribution is 5.84. The zero-order valence-electron chi connectivity index (χ0n) is 11.7. The fourth-order valence-electron chi connectivity index (χ4n) is 0.969. The zero-order valence-corrected chi connectivity index (χ0v) is 11.7. The van der Waals surface area contributed by atoms with Gasteiger partial charge in [0.1, 0.15) is 6.54 Å². The van der Waals surface area contributed by atoms with Crippen molar-refractivity contribution in [2.24, 2.45) is 4.99 Å². The molecule has 0 aromatic carbocycles. The molecule has 104 valence electrons. The summed E-state index contributed by atoms with van der Waals surface area (Å²) in [5.74, 6) is 0.545. The van der Waals surface area contributed by atoms with Crippen LogP contribution in [0.2, 0.25) is 0 Å². The van der Waals surface area contributed by atoms with Crippen molar-refractivity contribution in [3.8, 4) is 0 Å². The SMILES string of the molecule is C=C(C)CNC(=NCC(=O)N(C)C)NCCOC. The lowest BCUT2D eigenvalue weighted by Crippen LogP contribution is -2.40. The summed E-state index contributed by atoms with van der Waals surface area (Å²) < 4.78 is 4.94. The van der Waals surface area contributed by atoms with Crippen LogP contribution in [0.15, 0.2) is 17.1 Å². The van der Waals surface area contributed by atoms with Gasteiger partial charge in [-0.1, -0.05) is 12.2 Å². The van der Waals surface area contributed by atoms with Gasteiger partial charge in [-0.3, -0.25) is 4.79 Å². The maximum Gasteiger partial charge on any atom is 0.243 e. The first-order valence-electron chi connectivity index (χ1n) is 5.83. The molecular formula is C12H24N4O2. The number of guanidine groups is 1. The number of hydrogen-bond acceptors (Lipinski definition) is 3. The van der Waals surface area contributed by atoms with Gasteiger partial charge >= 0.3 is 0 Å². The normalized spacial score (nSPS) is 11.0. The Labute approximate surface area is 109 Å². The Morgan fingerprint density at radius 1 is 1.39 bits per heavy atom. The summed E-state index contributed by atoms with van der Waals surface area (Å²) in [7, 11) is 5.05. The lowest BCUT2D eigenvalue weighted by atomic mass is 10.3. The highest BCUT2D eigenvalue weighted by Gasteiger charge is 2.04. The predicted octanol–water partition coefficient (Wildman–Crippen LogP) is -0.168. The molecule has 0 rings (SSSR count). The number of nitrogens with zero attached hydrogens (tertiary/aromatic N) is 2. The lowest BCUT2D eigenvalue weighted by Gasteiger charge is -2.13. The second-order valence-electron chi connectivity index (χ2n) is 4.18. The molecule has 0 aromatic heterocycles. The van der Waals surface area contributed by atoms with Crippen LogP contribution in [0.25, 0.3) is 0 Å². The van der Waals surface area contributed by atoms with E-state index in [0.29, 0.717) is 25.7 Å². The van der Waals surface area contributed by atoms with Gasteiger partial charge in [0, 0.05) is 34.3 Å². The third kappa shape index (κ3) is 8.58. The van der Waals surface area contributed by atoms with Gasteiger partial charge in [0.25, 0.3) is 0 Å². The quantitative estimate of drug-likeness (QED) is 0.287. The summed E-state index contributed by atoms with van der Waals surface area (Å²) in [4.78, 5) is 17.1. The smallest absolute Gasteiger partial charge is 0.243 e. The summed E-state index contributed by atoms with van der Waals surface area (Å²) in [6.45, 7) is 7.67. The van der Waals surface area contributed by atoms with E-state index in [0.717, 1.165) is 5.57 Å². The molecule has 0 fully saturated rings. The highest BCUT2D eigenvalue weighted by Crippen LogP contribution is 1.84. The monoisotopic (exact) mass is 256 g/mol. The Hall–Kier alpha value is -1.56. The van der Waals surface area contributed by atoms with Gasteiger partial charge in [0.05, 0.1) is 6.61 Å². The molecule has 0 aliphatic rings. The maximum absolute atomic E-state index is 11.4. The van der Waals surface area contributed by atoms with Crippen LogP contribution in [-0.2, 0) is 9.53 Å². The van der Waals surface area contributed by atoms with Gasteiger partial charge in [-0.2, -0.15) is 0 Å². The number of aliphatic imine (C=N–C) groups is 1. The Kier molecular flexibility index (Phi) is 8.65. The number of carbonyl (C=O) groups excluding carboxylic acids is 1. The predicted molar refractivity (Wildman–Crippen MR) is 73.7 cm³/mol. The number of nitrogens with one attached hydrogen (secondary N) is 2. The number of hydrogen-bond donors (Lipinski definition) is 2. The second kappa shape index (κ2) is 9.47. The van der Waals surface area contributed by atoms with E-state index in [9.17, 15) is 4.79 Å². The van der Waals surface area contributed by atoms with Gasteiger partial charge in [-0.25, -0.2) is 4.99 Å². The van der Waals surface area contributed by atoms with Gasteiger partial charge in [-0.15, -0.1) is 0 Å². The number of likely N-dealkylation sites (N-methyl/N-ethyl adjacent to an activating group) is 1. The van der Waals surface area contributed by atoms with Crippen molar-refractivity contribution in [2.45, 2.75) is 6.92 Å². The molecule has 0 heterocycles. The van der Waals surface area contributed by atoms with Crippen molar-refractivity contribution in [1.29, 1.82) is 0 Å². The molecule has 0 unspecified atom stereocenters. The van der Waals surface area contributed by atoms with Gasteiger partial charge in [0.2, 0.25) is 5.91 Å². The van der Waals surface area contributed by atoms with Crippen molar-refractivity contribution >= 4 is 11.9 Å². The van der Waals surface area contributed by atoms with E-state index in [4.69, 9.17) is 4.74 Å². The van der Waals surface area contributed by atoms with Crippen molar-refractivity contribution < 1.29 is 9.53 Å². The Morgan fingerprint density at radius 2 is 2.06 bits per heavy atom. The molecule has 0 aliphatic heterocycles. The molecule has 0 spiro atoms. The first-order chi connectivity index (χ1) is 8.47. The van der Waals surface area contributed by atoms with E-state index in [1.54, 1.807) is 21.2 Å². The molecule has 0 bridgehead atoms. The van der Waals surface area contributed by atoms with Gasteiger partial charge < -0.3 is 20.3 Å². The van der Waals surface area contributed by atoms with E-state index < -0.39 is 0 Å². The molecule has 0 aliphatic carbocycles. The van der Waals surface area contributed by atoms with Crippen molar-refractivity contribution in [1.82, 2.24) is 15.5 Å². The van der Waals surface area contributed by atoms with E-state index in [1.165, 1.54) is 4.90 Å². The van der Waals surface area contributed by atoms with Crippen molar-refractivity contribution in [3.05, 3.63) is 12.2 Å². The fourth-order valence-corrected chi connectivity index (χ4v) is 0.969. The largest absolute Gasteiger partial charge is 0.383 e. The summed E-state index contributed by atoms with van der Waals surface area (Å²) in [5.41, 5.74) is 0.996. The lowest BCUT2D eigenvalue weighted by molar-refractivity contribution is -0.127. The average molecular weight is 256 g/mol. The number of rotatable bonds is 7. The summed E-state index contributed by atoms with van der Waals surface area (Å²) >= 11 is 0.